The summed E-state index contributed by atoms with van der Waals surface area (Å²) in [6.45, 7) is 2.37. The minimum absolute atomic E-state index is 0.230. The van der Waals surface area contributed by atoms with E-state index in [4.69, 9.17) is 0 Å². The summed E-state index contributed by atoms with van der Waals surface area (Å²) in [6.07, 6.45) is 1.95. The number of carbonyl (C=O) groups is 1. The van der Waals surface area contributed by atoms with E-state index in [1.165, 1.54) is 0 Å². The Morgan fingerprint density at radius 2 is 1.90 bits per heavy atom. The Morgan fingerprint density at radius 1 is 1.14 bits per heavy atom. The number of fused-ring (bicyclic) bond motifs is 1. The smallest absolute Gasteiger partial charge is 0.319 e. The lowest BCUT2D eigenvalue weighted by molar-refractivity contribution is 0.251. The maximum Gasteiger partial charge on any atom is 0.319 e. The van der Waals surface area contributed by atoms with Crippen LogP contribution in [0.4, 0.5) is 10.5 Å². The van der Waals surface area contributed by atoms with Crippen LogP contribution in [0.5, 0.6) is 0 Å². The first-order chi connectivity index (χ1) is 10.2. The summed E-state index contributed by atoms with van der Waals surface area (Å²) in [7, 11) is 0. The lowest BCUT2D eigenvalue weighted by Crippen LogP contribution is -2.28. The molecule has 1 aromatic carbocycles. The van der Waals surface area contributed by atoms with Crippen molar-refractivity contribution in [3.05, 3.63) is 66.1 Å². The zero-order valence-electron chi connectivity index (χ0n) is 11.7. The Morgan fingerprint density at radius 3 is 2.71 bits per heavy atom. The van der Waals surface area contributed by atoms with Crippen molar-refractivity contribution in [1.82, 2.24) is 14.7 Å². The molecular formula is C16H16N4O. The lowest BCUT2D eigenvalue weighted by Gasteiger charge is -2.08. The molecule has 0 atom stereocenters. The maximum absolute atomic E-state index is 11.9. The van der Waals surface area contributed by atoms with Gasteiger partial charge in [-0.2, -0.15) is 0 Å². The van der Waals surface area contributed by atoms with Crippen LogP contribution in [0, 0.1) is 6.92 Å². The molecule has 2 aromatic heterocycles. The van der Waals surface area contributed by atoms with Gasteiger partial charge >= 0.3 is 6.03 Å². The molecule has 0 fully saturated rings. The summed E-state index contributed by atoms with van der Waals surface area (Å²) in [4.78, 5) is 16.4. The first-order valence-corrected chi connectivity index (χ1v) is 6.76. The highest BCUT2D eigenvalue weighted by molar-refractivity contribution is 5.89. The van der Waals surface area contributed by atoms with Crippen LogP contribution in [0.15, 0.2) is 54.7 Å². The van der Waals surface area contributed by atoms with Gasteiger partial charge in [0.2, 0.25) is 0 Å². The number of aromatic nitrogens is 2. The van der Waals surface area contributed by atoms with Gasteiger partial charge < -0.3 is 15.0 Å². The number of rotatable bonds is 3. The van der Waals surface area contributed by atoms with E-state index in [0.717, 1.165) is 22.7 Å². The second-order valence-electron chi connectivity index (χ2n) is 4.75. The van der Waals surface area contributed by atoms with Crippen LogP contribution in [0.1, 0.15) is 11.4 Å². The largest absolute Gasteiger partial charge is 0.332 e. The number of benzene rings is 1. The van der Waals surface area contributed by atoms with Gasteiger partial charge in [0.05, 0.1) is 17.9 Å². The van der Waals surface area contributed by atoms with Crippen molar-refractivity contribution in [2.75, 3.05) is 5.32 Å². The third kappa shape index (κ3) is 2.86. The summed E-state index contributed by atoms with van der Waals surface area (Å²) in [5, 5.41) is 5.65. The normalized spacial score (nSPS) is 10.5. The first kappa shape index (κ1) is 13.2. The average molecular weight is 280 g/mol. The molecule has 0 aliphatic heterocycles. The molecule has 3 rings (SSSR count). The summed E-state index contributed by atoms with van der Waals surface area (Å²) >= 11 is 0. The number of para-hydroxylation sites is 1. The minimum Gasteiger partial charge on any atom is -0.332 e. The molecule has 2 heterocycles. The van der Waals surface area contributed by atoms with Crippen LogP contribution in [0.25, 0.3) is 5.65 Å². The number of anilines is 1. The maximum atomic E-state index is 11.9. The second-order valence-corrected chi connectivity index (χ2v) is 4.75. The van der Waals surface area contributed by atoms with Gasteiger partial charge in [0, 0.05) is 11.9 Å². The van der Waals surface area contributed by atoms with Crippen LogP contribution in [0.3, 0.4) is 0 Å². The lowest BCUT2D eigenvalue weighted by atomic mass is 10.3. The molecule has 0 saturated carbocycles. The van der Waals surface area contributed by atoms with Crippen molar-refractivity contribution in [2.24, 2.45) is 0 Å². The number of imidazole rings is 1. The van der Waals surface area contributed by atoms with Gasteiger partial charge in [-0.05, 0) is 31.2 Å². The number of nitrogens with one attached hydrogen (secondary N) is 2. The number of carbonyl (C=O) groups excluding carboxylic acids is 1. The molecule has 0 bridgehead atoms. The first-order valence-electron chi connectivity index (χ1n) is 6.76. The Balaban J connectivity index is 1.69. The fourth-order valence-electron chi connectivity index (χ4n) is 2.24. The molecule has 0 saturated heterocycles. The van der Waals surface area contributed by atoms with Gasteiger partial charge in [0.25, 0.3) is 0 Å². The predicted octanol–water partition coefficient (Wildman–Crippen LogP) is 2.96. The number of hydrogen-bond donors (Lipinski definition) is 2. The summed E-state index contributed by atoms with van der Waals surface area (Å²) < 4.78 is 1.98. The Labute approximate surface area is 122 Å². The number of nitrogens with zero attached hydrogens (tertiary/aromatic N) is 2. The SMILES string of the molecule is Cc1nc2ccccn2c1CNC(=O)Nc1ccccc1. The highest BCUT2D eigenvalue weighted by Crippen LogP contribution is 2.11. The fraction of sp³-hybridized carbons (Fsp3) is 0.125. The summed E-state index contributed by atoms with van der Waals surface area (Å²) in [5.74, 6) is 0. The van der Waals surface area contributed by atoms with Crippen LogP contribution in [-0.2, 0) is 6.54 Å². The van der Waals surface area contributed by atoms with Gasteiger partial charge in [-0.1, -0.05) is 24.3 Å². The average Bonchev–Trinajstić information content (AvgIpc) is 2.81. The minimum atomic E-state index is -0.230. The summed E-state index contributed by atoms with van der Waals surface area (Å²) in [6, 6.07) is 15.0. The second kappa shape index (κ2) is 5.66. The molecule has 0 radical (unpaired) electrons. The van der Waals surface area contributed by atoms with Crippen molar-refractivity contribution in [2.45, 2.75) is 13.5 Å². The highest BCUT2D eigenvalue weighted by atomic mass is 16.2. The molecule has 0 unspecified atom stereocenters. The Kier molecular flexibility index (Phi) is 3.55. The highest BCUT2D eigenvalue weighted by Gasteiger charge is 2.09. The number of amides is 2. The predicted molar refractivity (Wildman–Crippen MR) is 82.2 cm³/mol. The Hall–Kier alpha value is -2.82. The topological polar surface area (TPSA) is 58.4 Å². The number of hydrogen-bond acceptors (Lipinski definition) is 2. The van der Waals surface area contributed by atoms with Crippen molar-refractivity contribution >= 4 is 17.4 Å². The number of pyridine rings is 1. The van der Waals surface area contributed by atoms with E-state index in [1.807, 2.05) is 66.1 Å². The van der Waals surface area contributed by atoms with E-state index in [9.17, 15) is 4.79 Å². The summed E-state index contributed by atoms with van der Waals surface area (Å²) in [5.41, 5.74) is 3.55. The van der Waals surface area contributed by atoms with Gasteiger partial charge in [0.15, 0.2) is 0 Å². The number of urea groups is 1. The molecule has 0 aliphatic carbocycles. The van der Waals surface area contributed by atoms with Gasteiger partial charge in [0.1, 0.15) is 5.65 Å². The quantitative estimate of drug-likeness (QED) is 0.775. The molecule has 5 nitrogen and oxygen atoms in total. The van der Waals surface area contributed by atoms with E-state index < -0.39 is 0 Å². The van der Waals surface area contributed by atoms with E-state index in [0.29, 0.717) is 6.54 Å². The molecule has 2 amide bonds. The third-order valence-corrected chi connectivity index (χ3v) is 3.28. The molecule has 106 valence electrons. The van der Waals surface area contributed by atoms with E-state index in [2.05, 4.69) is 15.6 Å². The van der Waals surface area contributed by atoms with Crippen molar-refractivity contribution in [3.8, 4) is 0 Å². The fourth-order valence-corrected chi connectivity index (χ4v) is 2.24. The zero-order chi connectivity index (χ0) is 14.7. The molecular weight excluding hydrogens is 264 g/mol. The van der Waals surface area contributed by atoms with E-state index in [1.54, 1.807) is 0 Å². The molecule has 21 heavy (non-hydrogen) atoms. The standard InChI is InChI=1S/C16H16N4O/c1-12-14(20-10-6-5-9-15(20)18-12)11-17-16(21)19-13-7-3-2-4-8-13/h2-10H,11H2,1H3,(H2,17,19,21). The van der Waals surface area contributed by atoms with E-state index in [-0.39, 0.29) is 6.03 Å². The van der Waals surface area contributed by atoms with Crippen LogP contribution in [-0.4, -0.2) is 15.4 Å². The Bertz CT molecular complexity index is 764. The molecule has 2 N–H and O–H groups in total. The molecule has 3 aromatic rings. The van der Waals surface area contributed by atoms with Gasteiger partial charge in [-0.25, -0.2) is 9.78 Å². The zero-order valence-corrected chi connectivity index (χ0v) is 11.7. The van der Waals surface area contributed by atoms with Crippen molar-refractivity contribution < 1.29 is 4.79 Å². The molecule has 0 aliphatic rings. The van der Waals surface area contributed by atoms with Crippen LogP contribution < -0.4 is 10.6 Å². The van der Waals surface area contributed by atoms with Crippen LogP contribution >= 0.6 is 0 Å². The number of aryl methyl sites for hydroxylation is 1. The van der Waals surface area contributed by atoms with Crippen LogP contribution in [0.2, 0.25) is 0 Å². The monoisotopic (exact) mass is 280 g/mol. The van der Waals surface area contributed by atoms with E-state index >= 15 is 0 Å². The van der Waals surface area contributed by atoms with Crippen molar-refractivity contribution in [3.63, 3.8) is 0 Å². The third-order valence-electron chi connectivity index (χ3n) is 3.28. The molecule has 0 spiro atoms. The van der Waals surface area contributed by atoms with Gasteiger partial charge in [-0.3, -0.25) is 0 Å². The van der Waals surface area contributed by atoms with Crippen molar-refractivity contribution in [1.29, 1.82) is 0 Å². The van der Waals surface area contributed by atoms with Gasteiger partial charge in [-0.15, -0.1) is 0 Å². The molecule has 5 heteroatoms.